The van der Waals surface area contributed by atoms with Crippen molar-refractivity contribution in [1.82, 2.24) is 4.98 Å². The topological polar surface area (TPSA) is 12.9 Å². The third-order valence-electron chi connectivity index (χ3n) is 2.17. The van der Waals surface area contributed by atoms with Crippen LogP contribution in [0.1, 0.15) is 31.0 Å². The molecule has 0 fully saturated rings. The Hall–Kier alpha value is -0.0800. The Balaban J connectivity index is 2.67. The van der Waals surface area contributed by atoms with Gasteiger partial charge >= 0.3 is 0 Å². The molecule has 14 heavy (non-hydrogen) atoms. The Morgan fingerprint density at radius 2 is 2.29 bits per heavy atom. The Morgan fingerprint density at radius 3 is 2.86 bits per heavy atom. The third-order valence-corrected chi connectivity index (χ3v) is 2.98. The maximum atomic E-state index is 6.18. The largest absolute Gasteiger partial charge is 0.260 e. The average Bonchev–Trinajstić information content (AvgIpc) is 2.10. The van der Waals surface area contributed by atoms with Crippen molar-refractivity contribution in [1.29, 1.82) is 0 Å². The molecule has 1 aromatic rings. The average molecular weight is 277 g/mol. The molecule has 78 valence electrons. The van der Waals surface area contributed by atoms with Gasteiger partial charge in [-0.2, -0.15) is 0 Å². The van der Waals surface area contributed by atoms with E-state index >= 15 is 0 Å². The highest BCUT2D eigenvalue weighted by Crippen LogP contribution is 2.17. The highest BCUT2D eigenvalue weighted by molar-refractivity contribution is 9.10. The molecule has 1 rings (SSSR count). The number of nitrogens with zero attached hydrogens (tertiary/aromatic N) is 1. The van der Waals surface area contributed by atoms with Gasteiger partial charge in [0.05, 0.1) is 0 Å². The van der Waals surface area contributed by atoms with Crippen LogP contribution < -0.4 is 0 Å². The summed E-state index contributed by atoms with van der Waals surface area (Å²) in [6.07, 6.45) is 4.88. The van der Waals surface area contributed by atoms with Crippen LogP contribution in [0.4, 0.5) is 0 Å². The first-order chi connectivity index (χ1) is 6.63. The van der Waals surface area contributed by atoms with Crippen molar-refractivity contribution in [2.45, 2.75) is 38.5 Å². The Bertz CT molecular complexity index is 301. The minimum atomic E-state index is 0.215. The van der Waals surface area contributed by atoms with Gasteiger partial charge in [0.2, 0.25) is 0 Å². The van der Waals surface area contributed by atoms with Crippen molar-refractivity contribution in [2.75, 3.05) is 0 Å². The lowest BCUT2D eigenvalue weighted by Crippen LogP contribution is -2.06. The molecular weight excluding hydrogens is 261 g/mol. The van der Waals surface area contributed by atoms with E-state index in [0.29, 0.717) is 0 Å². The lowest BCUT2D eigenvalue weighted by molar-refractivity contribution is 0.713. The molecule has 0 spiro atoms. The zero-order valence-electron chi connectivity index (χ0n) is 8.56. The quantitative estimate of drug-likeness (QED) is 0.755. The molecule has 0 aliphatic rings. The second kappa shape index (κ2) is 5.72. The Kier molecular flexibility index (Phi) is 4.90. The lowest BCUT2D eigenvalue weighted by Gasteiger charge is -2.09. The maximum absolute atomic E-state index is 6.18. The van der Waals surface area contributed by atoms with Crippen molar-refractivity contribution in [3.63, 3.8) is 0 Å². The molecule has 1 heterocycles. The number of halogens is 2. The van der Waals surface area contributed by atoms with Gasteiger partial charge in [-0.3, -0.25) is 4.98 Å². The van der Waals surface area contributed by atoms with Gasteiger partial charge in [-0.05, 0) is 40.9 Å². The molecule has 1 atom stereocenters. The fourth-order valence-corrected chi connectivity index (χ4v) is 2.22. The minimum Gasteiger partial charge on any atom is -0.260 e. The molecule has 1 unspecified atom stereocenters. The van der Waals surface area contributed by atoms with Gasteiger partial charge < -0.3 is 0 Å². The molecular formula is C11H15BrClN. The van der Waals surface area contributed by atoms with Gasteiger partial charge in [0, 0.05) is 28.2 Å². The standard InChI is InChI=1S/C11H15BrClN/c1-3-4-10(13)6-11-8(2)5-9(12)7-14-11/h5,7,10H,3-4,6H2,1-2H3. The fourth-order valence-electron chi connectivity index (χ4n) is 1.41. The van der Waals surface area contributed by atoms with Crippen LogP contribution in [-0.2, 0) is 6.42 Å². The molecule has 0 aliphatic carbocycles. The molecule has 0 radical (unpaired) electrons. The van der Waals surface area contributed by atoms with Crippen LogP contribution in [0.3, 0.4) is 0 Å². The highest BCUT2D eigenvalue weighted by atomic mass is 79.9. The number of rotatable bonds is 4. The van der Waals surface area contributed by atoms with Crippen molar-refractivity contribution in [2.24, 2.45) is 0 Å². The smallest absolute Gasteiger partial charge is 0.0448 e. The summed E-state index contributed by atoms with van der Waals surface area (Å²) in [5.41, 5.74) is 2.32. The summed E-state index contributed by atoms with van der Waals surface area (Å²) in [7, 11) is 0. The van der Waals surface area contributed by atoms with E-state index in [0.717, 1.165) is 29.4 Å². The Labute approximate surface area is 99.0 Å². The molecule has 0 bridgehead atoms. The van der Waals surface area contributed by atoms with Crippen LogP contribution in [0.15, 0.2) is 16.7 Å². The molecule has 0 saturated carbocycles. The van der Waals surface area contributed by atoms with E-state index in [1.54, 1.807) is 0 Å². The fraction of sp³-hybridized carbons (Fsp3) is 0.545. The number of pyridine rings is 1. The summed E-state index contributed by atoms with van der Waals surface area (Å²) < 4.78 is 1.03. The molecule has 0 saturated heterocycles. The summed E-state index contributed by atoms with van der Waals surface area (Å²) in [5.74, 6) is 0. The maximum Gasteiger partial charge on any atom is 0.0448 e. The number of aryl methyl sites for hydroxylation is 1. The summed E-state index contributed by atoms with van der Waals surface area (Å²) in [6.45, 7) is 4.22. The van der Waals surface area contributed by atoms with Crippen molar-refractivity contribution >= 4 is 27.5 Å². The van der Waals surface area contributed by atoms with Gasteiger partial charge in [-0.25, -0.2) is 0 Å². The summed E-state index contributed by atoms with van der Waals surface area (Å²) in [4.78, 5) is 4.37. The van der Waals surface area contributed by atoms with E-state index in [1.807, 2.05) is 6.20 Å². The monoisotopic (exact) mass is 275 g/mol. The molecule has 1 nitrogen and oxygen atoms in total. The van der Waals surface area contributed by atoms with Crippen molar-refractivity contribution in [3.8, 4) is 0 Å². The third kappa shape index (κ3) is 3.58. The first kappa shape index (κ1) is 12.0. The van der Waals surface area contributed by atoms with Crippen molar-refractivity contribution < 1.29 is 0 Å². The van der Waals surface area contributed by atoms with E-state index < -0.39 is 0 Å². The molecule has 0 aromatic carbocycles. The predicted molar refractivity (Wildman–Crippen MR) is 64.9 cm³/mol. The normalized spacial score (nSPS) is 12.9. The predicted octanol–water partition coefficient (Wildman–Crippen LogP) is 4.10. The van der Waals surface area contributed by atoms with E-state index in [9.17, 15) is 0 Å². The highest BCUT2D eigenvalue weighted by Gasteiger charge is 2.08. The zero-order valence-corrected chi connectivity index (χ0v) is 10.9. The number of hydrogen-bond donors (Lipinski definition) is 0. The first-order valence-corrected chi connectivity index (χ1v) is 6.11. The molecule has 3 heteroatoms. The molecule has 0 amide bonds. The van der Waals surface area contributed by atoms with E-state index in [1.165, 1.54) is 5.56 Å². The SMILES string of the molecule is CCCC(Cl)Cc1ncc(Br)cc1C. The second-order valence-electron chi connectivity index (χ2n) is 3.51. The van der Waals surface area contributed by atoms with Crippen molar-refractivity contribution in [3.05, 3.63) is 28.0 Å². The minimum absolute atomic E-state index is 0.215. The van der Waals surface area contributed by atoms with Crippen LogP contribution in [0.5, 0.6) is 0 Å². The van der Waals surface area contributed by atoms with E-state index in [4.69, 9.17) is 11.6 Å². The summed E-state index contributed by atoms with van der Waals surface area (Å²) in [6, 6.07) is 2.08. The lowest BCUT2D eigenvalue weighted by atomic mass is 10.1. The zero-order chi connectivity index (χ0) is 10.6. The number of alkyl halides is 1. The van der Waals surface area contributed by atoms with Crippen LogP contribution in [0, 0.1) is 6.92 Å². The number of hydrogen-bond acceptors (Lipinski definition) is 1. The number of aromatic nitrogens is 1. The van der Waals surface area contributed by atoms with E-state index in [-0.39, 0.29) is 5.38 Å². The molecule has 0 N–H and O–H groups in total. The van der Waals surface area contributed by atoms with E-state index in [2.05, 4.69) is 40.8 Å². The summed E-state index contributed by atoms with van der Waals surface area (Å²) in [5, 5.41) is 0.215. The molecule has 1 aromatic heterocycles. The van der Waals surface area contributed by atoms with Gasteiger partial charge in [0.25, 0.3) is 0 Å². The second-order valence-corrected chi connectivity index (χ2v) is 5.04. The summed E-state index contributed by atoms with van der Waals surface area (Å²) >= 11 is 9.57. The van der Waals surface area contributed by atoms with Crippen LogP contribution in [-0.4, -0.2) is 10.4 Å². The van der Waals surface area contributed by atoms with Gasteiger partial charge in [0.1, 0.15) is 0 Å². The van der Waals surface area contributed by atoms with Crippen LogP contribution in [0.2, 0.25) is 0 Å². The van der Waals surface area contributed by atoms with Gasteiger partial charge in [-0.15, -0.1) is 11.6 Å². The van der Waals surface area contributed by atoms with Gasteiger partial charge in [-0.1, -0.05) is 13.3 Å². The van der Waals surface area contributed by atoms with Crippen LogP contribution in [0.25, 0.3) is 0 Å². The van der Waals surface area contributed by atoms with Crippen LogP contribution >= 0.6 is 27.5 Å². The molecule has 0 aliphatic heterocycles. The Morgan fingerprint density at radius 1 is 1.57 bits per heavy atom. The van der Waals surface area contributed by atoms with Gasteiger partial charge in [0.15, 0.2) is 0 Å². The first-order valence-electron chi connectivity index (χ1n) is 4.88.